The highest BCUT2D eigenvalue weighted by Crippen LogP contribution is 1.93. The molecule has 6 heteroatoms. The maximum absolute atomic E-state index is 10.9. The van der Waals surface area contributed by atoms with E-state index in [9.17, 15) is 9.59 Å². The molecule has 0 aromatic rings. The number of carbonyl (C=O) groups is 2. The van der Waals surface area contributed by atoms with Crippen molar-refractivity contribution in [3.8, 4) is 12.1 Å². The van der Waals surface area contributed by atoms with Gasteiger partial charge in [-0.2, -0.15) is 10.5 Å². The van der Waals surface area contributed by atoms with E-state index in [-0.39, 0.29) is 26.1 Å². The van der Waals surface area contributed by atoms with E-state index < -0.39 is 18.4 Å². The Labute approximate surface area is 113 Å². The zero-order valence-electron chi connectivity index (χ0n) is 11.5. The standard InChI is InChI=1S/C9H10N2O4.C4H10/c10-3-1-5-14-8(12)7-9(13)15-6-2-4-11;1-3-4-2/h1-2,5-7H2;3-4H2,1-2H3. The fourth-order valence-electron chi connectivity index (χ4n) is 0.641. The Hall–Kier alpha value is -2.08. The van der Waals surface area contributed by atoms with Crippen LogP contribution in [0.3, 0.4) is 0 Å². The first kappa shape index (κ1) is 19.3. The highest BCUT2D eigenvalue weighted by molar-refractivity contribution is 5.91. The minimum atomic E-state index is -0.729. The topological polar surface area (TPSA) is 100 Å². The maximum atomic E-state index is 10.9. The SMILES string of the molecule is CCCC.N#CCCOC(=O)CC(=O)OCCC#N. The maximum Gasteiger partial charge on any atom is 0.317 e. The quantitative estimate of drug-likeness (QED) is 0.398. The van der Waals surface area contributed by atoms with Crippen molar-refractivity contribution >= 4 is 11.9 Å². The number of ether oxygens (including phenoxy) is 2. The molecule has 6 nitrogen and oxygen atoms in total. The van der Waals surface area contributed by atoms with E-state index in [0.717, 1.165) is 0 Å². The van der Waals surface area contributed by atoms with Gasteiger partial charge in [-0.3, -0.25) is 9.59 Å². The third-order valence-corrected chi connectivity index (χ3v) is 1.74. The number of carbonyl (C=O) groups excluding carboxylic acids is 2. The van der Waals surface area contributed by atoms with Crippen molar-refractivity contribution < 1.29 is 19.1 Å². The minimum absolute atomic E-state index is 0.0270. The average Bonchev–Trinajstić information content (AvgIpc) is 2.39. The molecule has 106 valence electrons. The van der Waals surface area contributed by atoms with Crippen molar-refractivity contribution in [1.82, 2.24) is 0 Å². The van der Waals surface area contributed by atoms with E-state index in [2.05, 4.69) is 23.3 Å². The van der Waals surface area contributed by atoms with E-state index >= 15 is 0 Å². The Morgan fingerprint density at radius 3 is 1.53 bits per heavy atom. The van der Waals surface area contributed by atoms with Crippen LogP contribution in [-0.2, 0) is 19.1 Å². The van der Waals surface area contributed by atoms with Crippen LogP contribution < -0.4 is 0 Å². The summed E-state index contributed by atoms with van der Waals surface area (Å²) in [5.41, 5.74) is 0. The molecular formula is C13H20N2O4. The highest BCUT2D eigenvalue weighted by Gasteiger charge is 2.11. The summed E-state index contributed by atoms with van der Waals surface area (Å²) in [6.07, 6.45) is 2.33. The molecule has 0 saturated heterocycles. The van der Waals surface area contributed by atoms with Gasteiger partial charge in [-0.15, -0.1) is 0 Å². The summed E-state index contributed by atoms with van der Waals surface area (Å²) >= 11 is 0. The van der Waals surface area contributed by atoms with Crippen molar-refractivity contribution in [1.29, 1.82) is 10.5 Å². The summed E-state index contributed by atoms with van der Waals surface area (Å²) in [6, 6.07) is 3.58. The van der Waals surface area contributed by atoms with Crippen molar-refractivity contribution in [2.75, 3.05) is 13.2 Å². The molecule has 0 aromatic heterocycles. The molecule has 0 aliphatic rings. The third-order valence-electron chi connectivity index (χ3n) is 1.74. The van der Waals surface area contributed by atoms with E-state index in [1.807, 2.05) is 0 Å². The van der Waals surface area contributed by atoms with Gasteiger partial charge in [0.25, 0.3) is 0 Å². The monoisotopic (exact) mass is 268 g/mol. The molecule has 0 rings (SSSR count). The fourth-order valence-corrected chi connectivity index (χ4v) is 0.641. The van der Waals surface area contributed by atoms with Crippen LogP contribution in [0.25, 0.3) is 0 Å². The Kier molecular flexibility index (Phi) is 16.1. The lowest BCUT2D eigenvalue weighted by atomic mass is 10.4. The second-order valence-electron chi connectivity index (χ2n) is 3.43. The number of unbranched alkanes of at least 4 members (excludes halogenated alkanes) is 1. The van der Waals surface area contributed by atoms with Crippen LogP contribution >= 0.6 is 0 Å². The van der Waals surface area contributed by atoms with Gasteiger partial charge in [0.1, 0.15) is 19.6 Å². The van der Waals surface area contributed by atoms with Crippen LogP contribution in [0.1, 0.15) is 46.0 Å². The molecule has 0 aliphatic carbocycles. The van der Waals surface area contributed by atoms with Crippen molar-refractivity contribution in [2.24, 2.45) is 0 Å². The summed E-state index contributed by atoms with van der Waals surface area (Å²) in [4.78, 5) is 21.7. The summed E-state index contributed by atoms with van der Waals surface area (Å²) in [5, 5.41) is 16.3. The van der Waals surface area contributed by atoms with E-state index in [1.165, 1.54) is 12.8 Å². The van der Waals surface area contributed by atoms with Crippen LogP contribution in [0.5, 0.6) is 0 Å². The van der Waals surface area contributed by atoms with Gasteiger partial charge in [0.15, 0.2) is 0 Å². The first-order valence-electron chi connectivity index (χ1n) is 6.17. The summed E-state index contributed by atoms with van der Waals surface area (Å²) in [5.74, 6) is -1.46. The molecule has 0 N–H and O–H groups in total. The normalized spacial score (nSPS) is 8.21. The molecular weight excluding hydrogens is 248 g/mol. The van der Waals surface area contributed by atoms with E-state index in [0.29, 0.717) is 0 Å². The fraction of sp³-hybridized carbons (Fsp3) is 0.692. The zero-order valence-corrected chi connectivity index (χ0v) is 11.5. The van der Waals surface area contributed by atoms with Crippen molar-refractivity contribution in [3.63, 3.8) is 0 Å². The molecule has 0 aliphatic heterocycles. The van der Waals surface area contributed by atoms with E-state index in [1.54, 1.807) is 12.1 Å². The molecule has 0 fully saturated rings. The van der Waals surface area contributed by atoms with E-state index in [4.69, 9.17) is 10.5 Å². The number of rotatable bonds is 7. The molecule has 0 radical (unpaired) electrons. The van der Waals surface area contributed by atoms with Gasteiger partial charge < -0.3 is 9.47 Å². The number of hydrogen-bond acceptors (Lipinski definition) is 6. The van der Waals surface area contributed by atoms with Crippen LogP contribution in [0.4, 0.5) is 0 Å². The molecule has 0 aromatic carbocycles. The molecule has 0 saturated carbocycles. The Balaban J connectivity index is 0. The number of nitrogens with zero attached hydrogens (tertiary/aromatic N) is 2. The number of esters is 2. The van der Waals surface area contributed by atoms with Crippen molar-refractivity contribution in [3.05, 3.63) is 0 Å². The molecule has 0 atom stereocenters. The summed E-state index contributed by atoms with van der Waals surface area (Å²) in [6.45, 7) is 4.31. The molecule has 0 spiro atoms. The molecule has 0 amide bonds. The summed E-state index contributed by atoms with van der Waals surface area (Å²) < 4.78 is 9.06. The molecule has 0 heterocycles. The van der Waals surface area contributed by atoms with Gasteiger partial charge >= 0.3 is 11.9 Å². The lowest BCUT2D eigenvalue weighted by Gasteiger charge is -2.02. The van der Waals surface area contributed by atoms with Crippen LogP contribution in [-0.4, -0.2) is 25.2 Å². The average molecular weight is 268 g/mol. The Morgan fingerprint density at radius 2 is 1.26 bits per heavy atom. The van der Waals surface area contributed by atoms with Gasteiger partial charge in [-0.1, -0.05) is 26.7 Å². The van der Waals surface area contributed by atoms with Gasteiger partial charge in [0.2, 0.25) is 0 Å². The molecule has 0 bridgehead atoms. The second kappa shape index (κ2) is 15.9. The van der Waals surface area contributed by atoms with Gasteiger partial charge in [-0.05, 0) is 0 Å². The van der Waals surface area contributed by atoms with Gasteiger partial charge in [-0.25, -0.2) is 0 Å². The summed E-state index contributed by atoms with van der Waals surface area (Å²) in [7, 11) is 0. The third kappa shape index (κ3) is 18.5. The Bertz CT molecular complexity index is 297. The smallest absolute Gasteiger partial charge is 0.317 e. The second-order valence-corrected chi connectivity index (χ2v) is 3.43. The first-order valence-corrected chi connectivity index (χ1v) is 6.17. The minimum Gasteiger partial charge on any atom is -0.464 e. The number of hydrogen-bond donors (Lipinski definition) is 0. The number of nitriles is 2. The highest BCUT2D eigenvalue weighted by atomic mass is 16.6. The molecule has 0 unspecified atom stereocenters. The lowest BCUT2D eigenvalue weighted by Crippen LogP contribution is -2.14. The first-order chi connectivity index (χ1) is 9.12. The molecule has 19 heavy (non-hydrogen) atoms. The van der Waals surface area contributed by atoms with Gasteiger partial charge in [0.05, 0.1) is 25.0 Å². The Morgan fingerprint density at radius 1 is 0.895 bits per heavy atom. The van der Waals surface area contributed by atoms with Crippen LogP contribution in [0.2, 0.25) is 0 Å². The lowest BCUT2D eigenvalue weighted by molar-refractivity contribution is -0.154. The largest absolute Gasteiger partial charge is 0.464 e. The zero-order chi connectivity index (χ0) is 14.9. The predicted octanol–water partition coefficient (Wildman–Crippen LogP) is 2.10. The van der Waals surface area contributed by atoms with Gasteiger partial charge in [0, 0.05) is 0 Å². The van der Waals surface area contributed by atoms with Crippen LogP contribution in [0, 0.1) is 22.7 Å². The van der Waals surface area contributed by atoms with Crippen molar-refractivity contribution in [2.45, 2.75) is 46.0 Å². The predicted molar refractivity (Wildman–Crippen MR) is 67.6 cm³/mol. The van der Waals surface area contributed by atoms with Crippen LogP contribution in [0.15, 0.2) is 0 Å².